The molecule has 1 amide bonds. The van der Waals surface area contributed by atoms with Crippen molar-refractivity contribution in [2.45, 2.75) is 6.18 Å². The zero-order chi connectivity index (χ0) is 19.4. The summed E-state index contributed by atoms with van der Waals surface area (Å²) < 4.78 is 46.3. The SMILES string of the molecule is O=C(COc1ccccc1Br)Nc1cc(C(F)(F)F)ccc1-n1cncn1. The molecule has 1 N–H and O–H groups in total. The molecule has 0 aliphatic carbocycles. The number of hydrogen-bond donors (Lipinski definition) is 1. The minimum atomic E-state index is -4.55. The van der Waals surface area contributed by atoms with Gasteiger partial charge < -0.3 is 10.1 Å². The summed E-state index contributed by atoms with van der Waals surface area (Å²) in [7, 11) is 0. The average Bonchev–Trinajstić information content (AvgIpc) is 3.14. The van der Waals surface area contributed by atoms with Crippen molar-refractivity contribution in [3.05, 3.63) is 65.2 Å². The second-order valence-electron chi connectivity index (χ2n) is 5.34. The van der Waals surface area contributed by atoms with Gasteiger partial charge in [0.25, 0.3) is 5.91 Å². The molecule has 0 saturated heterocycles. The molecule has 10 heteroatoms. The van der Waals surface area contributed by atoms with E-state index in [9.17, 15) is 18.0 Å². The van der Waals surface area contributed by atoms with Gasteiger partial charge in [0.1, 0.15) is 18.4 Å². The Morgan fingerprint density at radius 2 is 2.00 bits per heavy atom. The van der Waals surface area contributed by atoms with Gasteiger partial charge in [-0.1, -0.05) is 12.1 Å². The van der Waals surface area contributed by atoms with Crippen LogP contribution in [-0.2, 0) is 11.0 Å². The number of carbonyl (C=O) groups excluding carboxylic acids is 1. The average molecular weight is 441 g/mol. The van der Waals surface area contributed by atoms with Gasteiger partial charge in [-0.3, -0.25) is 4.79 Å². The van der Waals surface area contributed by atoms with Crippen molar-refractivity contribution in [3.63, 3.8) is 0 Å². The molecule has 1 aromatic heterocycles. The standard InChI is InChI=1S/C17H12BrF3N4O2/c18-12-3-1-2-4-15(12)27-8-16(26)24-13-7-11(17(19,20)21)5-6-14(13)25-10-22-9-23-25/h1-7,9-10H,8H2,(H,24,26). The normalized spacial score (nSPS) is 11.3. The highest BCUT2D eigenvalue weighted by molar-refractivity contribution is 9.10. The van der Waals surface area contributed by atoms with Gasteiger partial charge in [-0.2, -0.15) is 18.3 Å². The van der Waals surface area contributed by atoms with Crippen molar-refractivity contribution in [2.24, 2.45) is 0 Å². The van der Waals surface area contributed by atoms with Gasteiger partial charge >= 0.3 is 6.18 Å². The zero-order valence-corrected chi connectivity index (χ0v) is 15.2. The number of benzene rings is 2. The molecule has 140 valence electrons. The van der Waals surface area contributed by atoms with E-state index in [1.165, 1.54) is 23.4 Å². The largest absolute Gasteiger partial charge is 0.483 e. The molecular weight excluding hydrogens is 429 g/mol. The van der Waals surface area contributed by atoms with E-state index in [0.717, 1.165) is 12.1 Å². The molecule has 0 aliphatic rings. The lowest BCUT2D eigenvalue weighted by atomic mass is 10.1. The van der Waals surface area contributed by atoms with E-state index >= 15 is 0 Å². The third-order valence-corrected chi connectivity index (χ3v) is 4.11. The fourth-order valence-corrected chi connectivity index (χ4v) is 2.64. The van der Waals surface area contributed by atoms with E-state index < -0.39 is 17.6 Å². The van der Waals surface area contributed by atoms with Gasteiger partial charge in [-0.05, 0) is 46.3 Å². The Kier molecular flexibility index (Phi) is 5.45. The predicted octanol–water partition coefficient (Wildman–Crippen LogP) is 4.07. The zero-order valence-electron chi connectivity index (χ0n) is 13.6. The van der Waals surface area contributed by atoms with Crippen LogP contribution in [0.3, 0.4) is 0 Å². The molecule has 27 heavy (non-hydrogen) atoms. The van der Waals surface area contributed by atoms with E-state index in [1.54, 1.807) is 24.3 Å². The van der Waals surface area contributed by atoms with Crippen molar-refractivity contribution < 1.29 is 22.7 Å². The smallest absolute Gasteiger partial charge is 0.416 e. The summed E-state index contributed by atoms with van der Waals surface area (Å²) in [6, 6.07) is 9.86. The van der Waals surface area contributed by atoms with E-state index in [1.807, 2.05) is 0 Å². The van der Waals surface area contributed by atoms with Gasteiger partial charge in [0.15, 0.2) is 6.61 Å². The van der Waals surface area contributed by atoms with Crippen LogP contribution in [0.2, 0.25) is 0 Å². The van der Waals surface area contributed by atoms with Crippen LogP contribution in [0.4, 0.5) is 18.9 Å². The van der Waals surface area contributed by atoms with E-state index in [2.05, 4.69) is 31.3 Å². The van der Waals surface area contributed by atoms with Crippen LogP contribution in [0.5, 0.6) is 5.75 Å². The van der Waals surface area contributed by atoms with E-state index in [0.29, 0.717) is 10.2 Å². The number of amides is 1. The van der Waals surface area contributed by atoms with Crippen LogP contribution >= 0.6 is 15.9 Å². The number of rotatable bonds is 5. The van der Waals surface area contributed by atoms with Crippen LogP contribution in [0.15, 0.2) is 59.6 Å². The Bertz CT molecular complexity index is 946. The Labute approximate surface area is 160 Å². The van der Waals surface area contributed by atoms with Crippen molar-refractivity contribution >= 4 is 27.5 Å². The van der Waals surface area contributed by atoms with Crippen LogP contribution in [0.25, 0.3) is 5.69 Å². The third-order valence-electron chi connectivity index (χ3n) is 3.46. The number of nitrogens with one attached hydrogen (secondary N) is 1. The molecule has 0 bridgehead atoms. The number of nitrogens with zero attached hydrogens (tertiary/aromatic N) is 3. The molecule has 0 aliphatic heterocycles. The summed E-state index contributed by atoms with van der Waals surface area (Å²) in [6.45, 7) is -0.379. The van der Waals surface area contributed by atoms with Gasteiger partial charge in [-0.25, -0.2) is 9.67 Å². The van der Waals surface area contributed by atoms with Gasteiger partial charge in [-0.15, -0.1) is 0 Å². The molecular formula is C17H12BrF3N4O2. The van der Waals surface area contributed by atoms with Crippen molar-refractivity contribution in [2.75, 3.05) is 11.9 Å². The molecule has 0 radical (unpaired) electrons. The van der Waals surface area contributed by atoms with E-state index in [-0.39, 0.29) is 18.0 Å². The number of hydrogen-bond acceptors (Lipinski definition) is 4. The first kappa shape index (κ1) is 18.9. The second kappa shape index (κ2) is 7.78. The van der Waals surface area contributed by atoms with Crippen molar-refractivity contribution in [1.82, 2.24) is 14.8 Å². The summed E-state index contributed by atoms with van der Waals surface area (Å²) in [5.74, 6) is -0.181. The lowest BCUT2D eigenvalue weighted by molar-refractivity contribution is -0.137. The number of halogens is 4. The van der Waals surface area contributed by atoms with Crippen molar-refractivity contribution in [1.29, 1.82) is 0 Å². The number of carbonyl (C=O) groups is 1. The van der Waals surface area contributed by atoms with Crippen LogP contribution < -0.4 is 10.1 Å². The Morgan fingerprint density at radius 1 is 1.22 bits per heavy atom. The number of anilines is 1. The summed E-state index contributed by atoms with van der Waals surface area (Å²) in [5, 5.41) is 6.32. The quantitative estimate of drug-likeness (QED) is 0.649. The first-order valence-corrected chi connectivity index (χ1v) is 8.37. The highest BCUT2D eigenvalue weighted by Crippen LogP contribution is 2.33. The van der Waals surface area contributed by atoms with Gasteiger partial charge in [0.05, 0.1) is 21.4 Å². The fraction of sp³-hybridized carbons (Fsp3) is 0.118. The van der Waals surface area contributed by atoms with Crippen LogP contribution in [-0.4, -0.2) is 27.3 Å². The Balaban J connectivity index is 1.81. The predicted molar refractivity (Wildman–Crippen MR) is 94.6 cm³/mol. The molecule has 1 heterocycles. The Morgan fingerprint density at radius 3 is 2.67 bits per heavy atom. The monoisotopic (exact) mass is 440 g/mol. The molecule has 3 rings (SSSR count). The molecule has 0 atom stereocenters. The summed E-state index contributed by atoms with van der Waals surface area (Å²) >= 11 is 3.28. The second-order valence-corrected chi connectivity index (χ2v) is 6.19. The third kappa shape index (κ3) is 4.64. The molecule has 0 saturated carbocycles. The minimum absolute atomic E-state index is 0.0592. The maximum Gasteiger partial charge on any atom is 0.416 e. The van der Waals surface area contributed by atoms with Crippen molar-refractivity contribution in [3.8, 4) is 11.4 Å². The first-order chi connectivity index (χ1) is 12.8. The highest BCUT2D eigenvalue weighted by Gasteiger charge is 2.31. The molecule has 2 aromatic carbocycles. The molecule has 0 fully saturated rings. The van der Waals surface area contributed by atoms with Crippen LogP contribution in [0.1, 0.15) is 5.56 Å². The summed E-state index contributed by atoms with van der Waals surface area (Å²) in [4.78, 5) is 16.0. The Hall–Kier alpha value is -2.88. The number of alkyl halides is 3. The molecule has 0 spiro atoms. The molecule has 0 unspecified atom stereocenters. The lowest BCUT2D eigenvalue weighted by Crippen LogP contribution is -2.22. The van der Waals surface area contributed by atoms with Crippen LogP contribution in [0, 0.1) is 0 Å². The first-order valence-electron chi connectivity index (χ1n) is 7.58. The topological polar surface area (TPSA) is 69.0 Å². The number of aromatic nitrogens is 3. The highest BCUT2D eigenvalue weighted by atomic mass is 79.9. The maximum atomic E-state index is 13.0. The molecule has 6 nitrogen and oxygen atoms in total. The number of ether oxygens (including phenoxy) is 1. The van der Waals surface area contributed by atoms with Gasteiger partial charge in [0.2, 0.25) is 0 Å². The summed E-state index contributed by atoms with van der Waals surface area (Å²) in [5.41, 5.74) is -0.709. The maximum absolute atomic E-state index is 13.0. The molecule has 3 aromatic rings. The van der Waals surface area contributed by atoms with E-state index in [4.69, 9.17) is 4.74 Å². The lowest BCUT2D eigenvalue weighted by Gasteiger charge is -2.15. The minimum Gasteiger partial charge on any atom is -0.483 e. The number of para-hydroxylation sites is 1. The fourth-order valence-electron chi connectivity index (χ4n) is 2.24. The summed E-state index contributed by atoms with van der Waals surface area (Å²) in [6.07, 6.45) is -2.00. The van der Waals surface area contributed by atoms with Gasteiger partial charge in [0, 0.05) is 0 Å².